The third-order valence-corrected chi connectivity index (χ3v) is 7.07. The molecule has 9 heteroatoms. The highest BCUT2D eigenvalue weighted by Gasteiger charge is 2.27. The van der Waals surface area contributed by atoms with Gasteiger partial charge in [-0.3, -0.25) is 9.69 Å². The lowest BCUT2D eigenvalue weighted by Gasteiger charge is -2.33. The van der Waals surface area contributed by atoms with Gasteiger partial charge in [0.05, 0.1) is 24.6 Å². The second-order valence-corrected chi connectivity index (χ2v) is 9.68. The summed E-state index contributed by atoms with van der Waals surface area (Å²) in [6.07, 6.45) is 1.75. The standard InChI is InChI=1S/C31H31N5O4/c1-34(24-6-5-9-26(21-24)40-25-7-3-2-4-8-25)31-32-13-12-27(33-31)23-10-11-29-28(20-23)36(30(37)22-39-29)15-14-35-16-18-38-19-17-35/h2-13,20-21H,14-19,22H2,1H3. The molecule has 4 aromatic rings. The summed E-state index contributed by atoms with van der Waals surface area (Å²) in [7, 11) is 1.92. The number of para-hydroxylation sites is 1. The van der Waals surface area contributed by atoms with Crippen molar-refractivity contribution in [2.75, 3.05) is 62.8 Å². The zero-order chi connectivity index (χ0) is 27.3. The number of fused-ring (bicyclic) bond motifs is 1. The first-order valence-corrected chi connectivity index (χ1v) is 13.4. The number of rotatable bonds is 8. The highest BCUT2D eigenvalue weighted by Crippen LogP contribution is 2.36. The lowest BCUT2D eigenvalue weighted by atomic mass is 10.1. The molecular formula is C31H31N5O4. The molecule has 0 saturated carbocycles. The van der Waals surface area contributed by atoms with Crippen LogP contribution in [0.4, 0.5) is 17.3 Å². The summed E-state index contributed by atoms with van der Waals surface area (Å²) in [6, 6.07) is 25.2. The minimum Gasteiger partial charge on any atom is -0.482 e. The van der Waals surface area contributed by atoms with Crippen molar-refractivity contribution >= 4 is 23.2 Å². The van der Waals surface area contributed by atoms with E-state index in [0.717, 1.165) is 67.0 Å². The summed E-state index contributed by atoms with van der Waals surface area (Å²) >= 11 is 0. The SMILES string of the molecule is CN(c1cccc(Oc2ccccc2)c1)c1nccc(-c2ccc3c(c2)N(CCN2CCOCC2)C(=O)CO3)n1. The van der Waals surface area contributed by atoms with E-state index in [2.05, 4.69) is 9.88 Å². The lowest BCUT2D eigenvalue weighted by Crippen LogP contribution is -2.45. The van der Waals surface area contributed by atoms with Crippen molar-refractivity contribution in [3.63, 3.8) is 0 Å². The molecule has 0 aliphatic carbocycles. The Kier molecular flexibility index (Phi) is 7.56. The Balaban J connectivity index is 1.22. The molecule has 1 aromatic heterocycles. The van der Waals surface area contributed by atoms with E-state index >= 15 is 0 Å². The number of carbonyl (C=O) groups is 1. The lowest BCUT2D eigenvalue weighted by molar-refractivity contribution is -0.121. The maximum absolute atomic E-state index is 12.8. The highest BCUT2D eigenvalue weighted by atomic mass is 16.5. The predicted molar refractivity (Wildman–Crippen MR) is 154 cm³/mol. The van der Waals surface area contributed by atoms with Gasteiger partial charge < -0.3 is 24.0 Å². The Bertz CT molecular complexity index is 1480. The van der Waals surface area contributed by atoms with Crippen molar-refractivity contribution in [2.45, 2.75) is 0 Å². The average Bonchev–Trinajstić information content (AvgIpc) is 3.01. The second-order valence-electron chi connectivity index (χ2n) is 9.68. The van der Waals surface area contributed by atoms with Crippen LogP contribution in [-0.4, -0.2) is 73.8 Å². The number of aromatic nitrogens is 2. The number of hydrogen-bond acceptors (Lipinski definition) is 8. The van der Waals surface area contributed by atoms with Gasteiger partial charge in [-0.25, -0.2) is 9.97 Å². The third kappa shape index (κ3) is 5.75. The van der Waals surface area contributed by atoms with Crippen molar-refractivity contribution in [2.24, 2.45) is 0 Å². The Morgan fingerprint density at radius 3 is 2.60 bits per heavy atom. The van der Waals surface area contributed by atoms with Crippen molar-refractivity contribution in [1.82, 2.24) is 14.9 Å². The van der Waals surface area contributed by atoms with Crippen molar-refractivity contribution in [3.05, 3.63) is 85.1 Å². The van der Waals surface area contributed by atoms with Crippen LogP contribution < -0.4 is 19.3 Å². The molecule has 0 radical (unpaired) electrons. The number of amides is 1. The number of hydrogen-bond donors (Lipinski definition) is 0. The van der Waals surface area contributed by atoms with Crippen molar-refractivity contribution in [1.29, 1.82) is 0 Å². The molecule has 0 spiro atoms. The normalized spacial score (nSPS) is 15.3. The van der Waals surface area contributed by atoms with Crippen molar-refractivity contribution < 1.29 is 19.0 Å². The van der Waals surface area contributed by atoms with E-state index in [1.807, 2.05) is 95.7 Å². The van der Waals surface area contributed by atoms with Crippen LogP contribution in [0.1, 0.15) is 0 Å². The minimum absolute atomic E-state index is 0.0429. The van der Waals surface area contributed by atoms with Gasteiger partial charge in [-0.1, -0.05) is 24.3 Å². The molecular weight excluding hydrogens is 506 g/mol. The number of carbonyl (C=O) groups excluding carboxylic acids is 1. The van der Waals surface area contributed by atoms with Crippen LogP contribution in [0.25, 0.3) is 11.3 Å². The van der Waals surface area contributed by atoms with E-state index in [-0.39, 0.29) is 12.5 Å². The molecule has 0 N–H and O–H groups in total. The van der Waals surface area contributed by atoms with E-state index in [9.17, 15) is 4.79 Å². The third-order valence-electron chi connectivity index (χ3n) is 7.07. The zero-order valence-electron chi connectivity index (χ0n) is 22.4. The van der Waals surface area contributed by atoms with Crippen LogP contribution in [0.3, 0.4) is 0 Å². The van der Waals surface area contributed by atoms with Gasteiger partial charge in [0.2, 0.25) is 5.95 Å². The summed E-state index contributed by atoms with van der Waals surface area (Å²) in [6.45, 7) is 4.64. The molecule has 3 heterocycles. The van der Waals surface area contributed by atoms with Gasteiger partial charge in [0, 0.05) is 56.7 Å². The molecule has 3 aromatic carbocycles. The Morgan fingerprint density at radius 1 is 0.925 bits per heavy atom. The average molecular weight is 538 g/mol. The number of benzene rings is 3. The Hall–Kier alpha value is -4.47. The molecule has 0 unspecified atom stereocenters. The van der Waals surface area contributed by atoms with Gasteiger partial charge in [-0.15, -0.1) is 0 Å². The first kappa shape index (κ1) is 25.8. The summed E-state index contributed by atoms with van der Waals surface area (Å²) in [5.41, 5.74) is 3.29. The molecule has 1 saturated heterocycles. The predicted octanol–water partition coefficient (Wildman–Crippen LogP) is 4.76. The van der Waals surface area contributed by atoms with Gasteiger partial charge in [-0.05, 0) is 48.5 Å². The molecule has 6 rings (SSSR count). The first-order valence-electron chi connectivity index (χ1n) is 13.4. The zero-order valence-corrected chi connectivity index (χ0v) is 22.4. The number of ether oxygens (including phenoxy) is 3. The van der Waals surface area contributed by atoms with E-state index < -0.39 is 0 Å². The monoisotopic (exact) mass is 537 g/mol. The van der Waals surface area contributed by atoms with E-state index in [1.54, 1.807) is 6.20 Å². The van der Waals surface area contributed by atoms with Crippen LogP contribution in [-0.2, 0) is 9.53 Å². The van der Waals surface area contributed by atoms with Crippen LogP contribution in [0.2, 0.25) is 0 Å². The van der Waals surface area contributed by atoms with Crippen LogP contribution in [0.15, 0.2) is 85.1 Å². The van der Waals surface area contributed by atoms with Gasteiger partial charge in [0.25, 0.3) is 5.91 Å². The number of anilines is 3. The van der Waals surface area contributed by atoms with E-state index in [0.29, 0.717) is 18.2 Å². The van der Waals surface area contributed by atoms with Crippen molar-refractivity contribution in [3.8, 4) is 28.5 Å². The maximum atomic E-state index is 12.8. The smallest absolute Gasteiger partial charge is 0.265 e. The molecule has 2 aliphatic heterocycles. The fourth-order valence-corrected chi connectivity index (χ4v) is 4.84. The molecule has 9 nitrogen and oxygen atoms in total. The summed E-state index contributed by atoms with van der Waals surface area (Å²) in [4.78, 5) is 28.3. The van der Waals surface area contributed by atoms with E-state index in [1.165, 1.54) is 0 Å². The minimum atomic E-state index is -0.0429. The summed E-state index contributed by atoms with van der Waals surface area (Å²) < 4.78 is 17.2. The quantitative estimate of drug-likeness (QED) is 0.318. The molecule has 1 fully saturated rings. The fourth-order valence-electron chi connectivity index (χ4n) is 4.84. The largest absolute Gasteiger partial charge is 0.482 e. The van der Waals surface area contributed by atoms with Crippen LogP contribution >= 0.6 is 0 Å². The van der Waals surface area contributed by atoms with Crippen LogP contribution in [0, 0.1) is 0 Å². The van der Waals surface area contributed by atoms with E-state index in [4.69, 9.17) is 19.2 Å². The molecule has 2 aliphatic rings. The summed E-state index contributed by atoms with van der Waals surface area (Å²) in [5, 5.41) is 0. The van der Waals surface area contributed by atoms with Crippen LogP contribution in [0.5, 0.6) is 17.2 Å². The topological polar surface area (TPSA) is 80.3 Å². The molecule has 0 atom stereocenters. The van der Waals surface area contributed by atoms with Gasteiger partial charge in [-0.2, -0.15) is 0 Å². The Morgan fingerprint density at radius 2 is 1.75 bits per heavy atom. The summed E-state index contributed by atoms with van der Waals surface area (Å²) in [5.74, 6) is 2.70. The molecule has 40 heavy (non-hydrogen) atoms. The van der Waals surface area contributed by atoms with Gasteiger partial charge in [0.1, 0.15) is 17.2 Å². The Labute approximate surface area is 233 Å². The highest BCUT2D eigenvalue weighted by molar-refractivity contribution is 5.98. The molecule has 0 bridgehead atoms. The number of morpholine rings is 1. The maximum Gasteiger partial charge on any atom is 0.265 e. The molecule has 204 valence electrons. The molecule has 1 amide bonds. The van der Waals surface area contributed by atoms with Gasteiger partial charge >= 0.3 is 0 Å². The second kappa shape index (κ2) is 11.7. The van der Waals surface area contributed by atoms with Gasteiger partial charge in [0.15, 0.2) is 6.61 Å². The first-order chi connectivity index (χ1) is 19.6. The number of nitrogens with zero attached hydrogens (tertiary/aromatic N) is 5. The fraction of sp³-hybridized carbons (Fsp3) is 0.258.